The number of aromatic nitrogens is 2. The maximum absolute atomic E-state index is 12.1. The molecule has 2 heterocycles. The van der Waals surface area contributed by atoms with E-state index in [1.165, 1.54) is 0 Å². The number of amides is 1. The summed E-state index contributed by atoms with van der Waals surface area (Å²) < 4.78 is 30.5. The Morgan fingerprint density at radius 2 is 2.08 bits per heavy atom. The van der Waals surface area contributed by atoms with E-state index in [9.17, 15) is 13.2 Å². The second kappa shape index (κ2) is 6.37. The van der Waals surface area contributed by atoms with Crippen LogP contribution in [0.25, 0.3) is 5.69 Å². The van der Waals surface area contributed by atoms with Gasteiger partial charge in [0.1, 0.15) is 12.4 Å². The highest BCUT2D eigenvalue weighted by atomic mass is 32.2. The highest BCUT2D eigenvalue weighted by Crippen LogP contribution is 2.33. The number of ether oxygens (including phenoxy) is 1. The molecule has 1 aromatic heterocycles. The number of hydrogen-bond donors (Lipinski definition) is 1. The Hall–Kier alpha value is -2.19. The lowest BCUT2D eigenvalue weighted by Crippen LogP contribution is -2.21. The molecule has 0 unspecified atom stereocenters. The Kier molecular flexibility index (Phi) is 4.42. The van der Waals surface area contributed by atoms with E-state index < -0.39 is 9.84 Å². The second-order valence-corrected chi connectivity index (χ2v) is 7.75. The highest BCUT2D eigenvalue weighted by molar-refractivity contribution is 7.90. The van der Waals surface area contributed by atoms with Crippen molar-refractivity contribution in [3.63, 3.8) is 0 Å². The molecule has 7 nitrogen and oxygen atoms in total. The predicted octanol–water partition coefficient (Wildman–Crippen LogP) is 1.58. The number of nitrogens with zero attached hydrogens (tertiary/aromatic N) is 2. The summed E-state index contributed by atoms with van der Waals surface area (Å²) in [5.41, 5.74) is 2.82. The van der Waals surface area contributed by atoms with Gasteiger partial charge in [-0.25, -0.2) is 13.1 Å². The maximum Gasteiger partial charge on any atom is 0.251 e. The Bertz CT molecular complexity index is 887. The van der Waals surface area contributed by atoms with Crippen LogP contribution in [0, 0.1) is 6.92 Å². The van der Waals surface area contributed by atoms with E-state index in [-0.39, 0.29) is 24.0 Å². The van der Waals surface area contributed by atoms with Crippen LogP contribution in [0.4, 0.5) is 5.82 Å². The average Bonchev–Trinajstić information content (AvgIpc) is 2.99. The van der Waals surface area contributed by atoms with E-state index in [1.54, 1.807) is 11.6 Å². The van der Waals surface area contributed by atoms with E-state index in [0.717, 1.165) is 11.3 Å². The molecule has 0 radical (unpaired) electrons. The predicted molar refractivity (Wildman–Crippen MR) is 89.8 cm³/mol. The first-order chi connectivity index (χ1) is 11.4. The molecule has 0 bridgehead atoms. The number of anilines is 1. The number of aryl methyl sites for hydroxylation is 1. The van der Waals surface area contributed by atoms with Crippen molar-refractivity contribution in [2.24, 2.45) is 0 Å². The molecule has 1 N–H and O–H groups in total. The van der Waals surface area contributed by atoms with E-state index in [0.29, 0.717) is 23.7 Å². The zero-order valence-corrected chi connectivity index (χ0v) is 14.4. The molecule has 1 aromatic carbocycles. The van der Waals surface area contributed by atoms with Crippen molar-refractivity contribution < 1.29 is 17.9 Å². The van der Waals surface area contributed by atoms with Crippen LogP contribution < -0.4 is 5.32 Å². The molecule has 0 aliphatic carbocycles. The van der Waals surface area contributed by atoms with Crippen LogP contribution in [0.15, 0.2) is 24.3 Å². The maximum atomic E-state index is 12.1. The van der Waals surface area contributed by atoms with Gasteiger partial charge in [0.25, 0.3) is 5.91 Å². The number of hydrogen-bond acceptors (Lipinski definition) is 5. The van der Waals surface area contributed by atoms with Crippen molar-refractivity contribution in [1.82, 2.24) is 9.78 Å². The largest absolute Gasteiger partial charge is 0.372 e. The fourth-order valence-corrected chi connectivity index (χ4v) is 4.20. The number of rotatable bonds is 5. The average molecular weight is 349 g/mol. The van der Waals surface area contributed by atoms with Crippen LogP contribution in [0.2, 0.25) is 0 Å². The van der Waals surface area contributed by atoms with Crippen LogP contribution in [0.3, 0.4) is 0 Å². The summed E-state index contributed by atoms with van der Waals surface area (Å²) in [6.07, 6.45) is 0. The summed E-state index contributed by atoms with van der Waals surface area (Å²) in [5, 5.41) is 7.19. The summed E-state index contributed by atoms with van der Waals surface area (Å²) in [4.78, 5) is 12.1. The van der Waals surface area contributed by atoms with Crippen molar-refractivity contribution >= 4 is 21.6 Å². The standard InChI is InChI=1S/C16H19N3O4S/c1-3-23-8-15(20)17-16-12-9-24(21,22)10-13(12)18-19(16)14-7-5-4-6-11(14)2/h4-7H,3,8-10H2,1-2H3,(H,17,20). The molecule has 1 aliphatic heterocycles. The lowest BCUT2D eigenvalue weighted by molar-refractivity contribution is -0.120. The quantitative estimate of drug-likeness (QED) is 0.885. The number of carbonyl (C=O) groups is 1. The summed E-state index contributed by atoms with van der Waals surface area (Å²) in [6, 6.07) is 7.60. The van der Waals surface area contributed by atoms with Crippen molar-refractivity contribution in [2.45, 2.75) is 25.4 Å². The third-order valence-corrected chi connectivity index (χ3v) is 5.27. The van der Waals surface area contributed by atoms with Crippen molar-refractivity contribution in [3.8, 4) is 5.69 Å². The normalized spacial score (nSPS) is 15.2. The zero-order chi connectivity index (χ0) is 17.3. The monoisotopic (exact) mass is 349 g/mol. The first-order valence-corrected chi connectivity index (χ1v) is 9.48. The molecule has 1 aliphatic rings. The molecule has 8 heteroatoms. The van der Waals surface area contributed by atoms with Gasteiger partial charge in [-0.15, -0.1) is 0 Å². The lowest BCUT2D eigenvalue weighted by atomic mass is 10.2. The number of sulfone groups is 1. The molecule has 0 fully saturated rings. The summed E-state index contributed by atoms with van der Waals surface area (Å²) in [7, 11) is -3.20. The summed E-state index contributed by atoms with van der Waals surface area (Å²) in [6.45, 7) is 4.08. The van der Waals surface area contributed by atoms with Crippen molar-refractivity contribution in [2.75, 3.05) is 18.5 Å². The van der Waals surface area contributed by atoms with E-state index in [2.05, 4.69) is 10.4 Å². The topological polar surface area (TPSA) is 90.3 Å². The molecule has 0 saturated heterocycles. The molecule has 24 heavy (non-hydrogen) atoms. The summed E-state index contributed by atoms with van der Waals surface area (Å²) >= 11 is 0. The first kappa shape index (κ1) is 16.7. The number of benzene rings is 1. The fourth-order valence-electron chi connectivity index (χ4n) is 2.71. The molecular weight excluding hydrogens is 330 g/mol. The number of fused-ring (bicyclic) bond motifs is 1. The SMILES string of the molecule is CCOCC(=O)Nc1c2c(nn1-c1ccccc1C)CS(=O)(=O)C2. The second-order valence-electron chi connectivity index (χ2n) is 5.69. The molecule has 0 spiro atoms. The van der Waals surface area contributed by atoms with Crippen LogP contribution in [0.1, 0.15) is 23.7 Å². The number of nitrogens with one attached hydrogen (secondary N) is 1. The third kappa shape index (κ3) is 3.20. The molecular formula is C16H19N3O4S. The van der Waals surface area contributed by atoms with Crippen LogP contribution in [0.5, 0.6) is 0 Å². The van der Waals surface area contributed by atoms with E-state index in [4.69, 9.17) is 4.74 Å². The minimum Gasteiger partial charge on any atom is -0.372 e. The van der Waals surface area contributed by atoms with Gasteiger partial charge in [-0.05, 0) is 25.5 Å². The number of carbonyl (C=O) groups excluding carboxylic acids is 1. The van der Waals surface area contributed by atoms with Crippen molar-refractivity contribution in [1.29, 1.82) is 0 Å². The smallest absolute Gasteiger partial charge is 0.251 e. The first-order valence-electron chi connectivity index (χ1n) is 7.66. The van der Waals surface area contributed by atoms with Gasteiger partial charge in [0.15, 0.2) is 9.84 Å². The Morgan fingerprint density at radius 3 is 2.79 bits per heavy atom. The zero-order valence-electron chi connectivity index (χ0n) is 13.6. The van der Waals surface area contributed by atoms with Gasteiger partial charge in [0.2, 0.25) is 0 Å². The minimum absolute atomic E-state index is 0.0863. The van der Waals surface area contributed by atoms with E-state index >= 15 is 0 Å². The molecule has 0 saturated carbocycles. The minimum atomic E-state index is -3.20. The Balaban J connectivity index is 2.04. The van der Waals surface area contributed by atoms with E-state index in [1.807, 2.05) is 31.2 Å². The van der Waals surface area contributed by atoms with Crippen LogP contribution in [-0.4, -0.2) is 37.3 Å². The molecule has 1 amide bonds. The highest BCUT2D eigenvalue weighted by Gasteiger charge is 2.33. The number of para-hydroxylation sites is 1. The van der Waals surface area contributed by atoms with Gasteiger partial charge in [0.05, 0.1) is 22.9 Å². The molecule has 2 aromatic rings. The lowest BCUT2D eigenvalue weighted by Gasteiger charge is -2.12. The van der Waals surface area contributed by atoms with Crippen LogP contribution in [-0.2, 0) is 30.9 Å². The van der Waals surface area contributed by atoms with Gasteiger partial charge in [-0.1, -0.05) is 18.2 Å². The fraction of sp³-hybridized carbons (Fsp3) is 0.375. The van der Waals surface area contributed by atoms with Gasteiger partial charge < -0.3 is 10.1 Å². The van der Waals surface area contributed by atoms with Gasteiger partial charge >= 0.3 is 0 Å². The Labute approximate surface area is 140 Å². The molecule has 128 valence electrons. The van der Waals surface area contributed by atoms with Crippen molar-refractivity contribution in [3.05, 3.63) is 41.1 Å². The Morgan fingerprint density at radius 1 is 1.33 bits per heavy atom. The molecule has 3 rings (SSSR count). The van der Waals surface area contributed by atoms with Gasteiger partial charge in [0, 0.05) is 12.2 Å². The summed E-state index contributed by atoms with van der Waals surface area (Å²) in [5.74, 6) is -0.141. The van der Waals surface area contributed by atoms with Gasteiger partial charge in [-0.3, -0.25) is 4.79 Å². The van der Waals surface area contributed by atoms with Crippen LogP contribution >= 0.6 is 0 Å². The third-order valence-electron chi connectivity index (χ3n) is 3.83. The van der Waals surface area contributed by atoms with Gasteiger partial charge in [-0.2, -0.15) is 5.10 Å². The molecule has 0 atom stereocenters.